The van der Waals surface area contributed by atoms with Gasteiger partial charge in [-0.2, -0.15) is 0 Å². The number of hydrogen-bond donors (Lipinski definition) is 2. The van der Waals surface area contributed by atoms with E-state index in [4.69, 9.17) is 10.1 Å². The summed E-state index contributed by atoms with van der Waals surface area (Å²) < 4.78 is 0. The minimum Gasteiger partial charge on any atom is -0.478 e. The van der Waals surface area contributed by atoms with E-state index in [1.165, 1.54) is 0 Å². The standard InChI is InChI=1S/C30H31N5O3/c1-19-14-20(2)16-24(15-19)34-12-13-35(30(34)38)27-7-5-6-25(21(27)3)26-17-33(4)18-28(32-26)31-23-10-8-22(9-11-23)29(36)37/h5-11,14-17H,12-13,18H2,1-4H3,(H,31,32)(H,36,37). The van der Waals surface area contributed by atoms with Gasteiger partial charge in [0.05, 0.1) is 17.8 Å². The summed E-state index contributed by atoms with van der Waals surface area (Å²) in [6.07, 6.45) is 2.00. The molecule has 194 valence electrons. The monoisotopic (exact) mass is 509 g/mol. The first-order chi connectivity index (χ1) is 18.2. The number of nitrogens with one attached hydrogen (secondary N) is 1. The number of aliphatic imine (C=N–C) groups is 1. The van der Waals surface area contributed by atoms with Crippen LogP contribution in [0.5, 0.6) is 0 Å². The number of nitrogens with zero attached hydrogens (tertiary/aromatic N) is 4. The van der Waals surface area contributed by atoms with E-state index in [0.29, 0.717) is 19.6 Å². The van der Waals surface area contributed by atoms with Crippen molar-refractivity contribution in [3.8, 4) is 0 Å². The zero-order valence-electron chi connectivity index (χ0n) is 22.0. The van der Waals surface area contributed by atoms with Crippen molar-refractivity contribution in [2.24, 2.45) is 4.99 Å². The third-order valence-corrected chi connectivity index (χ3v) is 6.82. The SMILES string of the molecule is Cc1cc(C)cc(N2CCN(c3cccc(C4=CN(C)CC(Nc5ccc(C(=O)O)cc5)=N4)c3C)C2=O)c1. The van der Waals surface area contributed by atoms with Crippen molar-refractivity contribution in [3.63, 3.8) is 0 Å². The molecule has 2 aliphatic rings. The molecule has 2 heterocycles. The van der Waals surface area contributed by atoms with Gasteiger partial charge in [0.25, 0.3) is 0 Å². The van der Waals surface area contributed by atoms with Crippen LogP contribution in [-0.2, 0) is 0 Å². The molecule has 1 fully saturated rings. The summed E-state index contributed by atoms with van der Waals surface area (Å²) in [6, 6.07) is 18.8. The number of amidine groups is 1. The van der Waals surface area contributed by atoms with Gasteiger partial charge < -0.3 is 15.3 Å². The molecular weight excluding hydrogens is 478 g/mol. The summed E-state index contributed by atoms with van der Waals surface area (Å²) in [5.41, 5.74) is 7.81. The van der Waals surface area contributed by atoms with Crippen molar-refractivity contribution in [1.29, 1.82) is 0 Å². The van der Waals surface area contributed by atoms with Crippen LogP contribution in [0.15, 0.2) is 71.9 Å². The smallest absolute Gasteiger partial charge is 0.335 e. The fourth-order valence-electron chi connectivity index (χ4n) is 5.06. The highest BCUT2D eigenvalue weighted by Gasteiger charge is 2.32. The predicted molar refractivity (Wildman–Crippen MR) is 152 cm³/mol. The Labute approximate surface area is 222 Å². The second-order valence-corrected chi connectivity index (χ2v) is 9.88. The van der Waals surface area contributed by atoms with E-state index in [9.17, 15) is 9.59 Å². The van der Waals surface area contributed by atoms with Crippen LogP contribution in [-0.4, -0.2) is 54.5 Å². The number of urea groups is 1. The Morgan fingerprint density at radius 2 is 1.63 bits per heavy atom. The lowest BCUT2D eigenvalue weighted by atomic mass is 10.0. The Morgan fingerprint density at radius 1 is 0.947 bits per heavy atom. The first-order valence-electron chi connectivity index (χ1n) is 12.6. The van der Waals surface area contributed by atoms with Crippen LogP contribution < -0.4 is 15.1 Å². The molecule has 0 unspecified atom stereocenters. The van der Waals surface area contributed by atoms with E-state index >= 15 is 0 Å². The Bertz CT molecular complexity index is 1460. The maximum atomic E-state index is 13.5. The first-order valence-corrected chi connectivity index (χ1v) is 12.6. The molecule has 0 aliphatic carbocycles. The van der Waals surface area contributed by atoms with E-state index in [1.807, 2.05) is 66.9 Å². The Kier molecular flexibility index (Phi) is 6.63. The normalized spacial score (nSPS) is 15.5. The Balaban J connectivity index is 1.40. The molecule has 38 heavy (non-hydrogen) atoms. The number of carbonyl (C=O) groups is 2. The molecule has 5 rings (SSSR count). The maximum Gasteiger partial charge on any atom is 0.335 e. The van der Waals surface area contributed by atoms with Crippen molar-refractivity contribution in [1.82, 2.24) is 4.90 Å². The first kappa shape index (κ1) is 25.1. The minimum atomic E-state index is -0.958. The minimum absolute atomic E-state index is 0.0272. The van der Waals surface area contributed by atoms with Crippen LogP contribution in [0.25, 0.3) is 5.70 Å². The highest BCUT2D eigenvalue weighted by atomic mass is 16.4. The third kappa shape index (κ3) is 4.98. The summed E-state index contributed by atoms with van der Waals surface area (Å²) in [5.74, 6) is -0.211. The summed E-state index contributed by atoms with van der Waals surface area (Å²) in [5, 5.41) is 12.5. The maximum absolute atomic E-state index is 13.5. The van der Waals surface area contributed by atoms with Gasteiger partial charge in [0.15, 0.2) is 0 Å². The molecule has 8 heteroatoms. The molecule has 1 saturated heterocycles. The van der Waals surface area contributed by atoms with Gasteiger partial charge in [-0.05, 0) is 79.9 Å². The second kappa shape index (κ2) is 10.0. The zero-order chi connectivity index (χ0) is 27.0. The molecular formula is C30H31N5O3. The molecule has 2 aliphatic heterocycles. The number of anilines is 3. The van der Waals surface area contributed by atoms with E-state index in [1.54, 1.807) is 24.3 Å². The van der Waals surface area contributed by atoms with Gasteiger partial charge in [0, 0.05) is 49.0 Å². The Morgan fingerprint density at radius 3 is 2.32 bits per heavy atom. The van der Waals surface area contributed by atoms with Gasteiger partial charge in [-0.3, -0.25) is 9.80 Å². The van der Waals surface area contributed by atoms with Crippen molar-refractivity contribution in [3.05, 3.63) is 94.7 Å². The average molecular weight is 510 g/mol. The quantitative estimate of drug-likeness (QED) is 0.473. The van der Waals surface area contributed by atoms with Gasteiger partial charge in [0.1, 0.15) is 5.84 Å². The molecule has 8 nitrogen and oxygen atoms in total. The molecule has 0 radical (unpaired) electrons. The fraction of sp³-hybridized carbons (Fsp3) is 0.233. The van der Waals surface area contributed by atoms with Crippen LogP contribution in [0, 0.1) is 20.8 Å². The number of aromatic carboxylic acids is 1. The number of benzene rings is 3. The molecule has 0 atom stereocenters. The van der Waals surface area contributed by atoms with Crippen LogP contribution in [0.2, 0.25) is 0 Å². The average Bonchev–Trinajstić information content (AvgIpc) is 3.24. The summed E-state index contributed by atoms with van der Waals surface area (Å²) >= 11 is 0. The fourth-order valence-corrected chi connectivity index (χ4v) is 5.06. The molecule has 2 amide bonds. The largest absolute Gasteiger partial charge is 0.478 e. The van der Waals surface area contributed by atoms with Crippen molar-refractivity contribution < 1.29 is 14.7 Å². The van der Waals surface area contributed by atoms with Crippen molar-refractivity contribution in [2.75, 3.05) is 41.8 Å². The molecule has 0 aromatic heterocycles. The number of carbonyl (C=O) groups excluding carboxylic acids is 1. The number of amides is 2. The van der Waals surface area contributed by atoms with E-state index in [-0.39, 0.29) is 11.6 Å². The van der Waals surface area contributed by atoms with Crippen LogP contribution >= 0.6 is 0 Å². The topological polar surface area (TPSA) is 88.5 Å². The third-order valence-electron chi connectivity index (χ3n) is 6.82. The molecule has 0 spiro atoms. The molecule has 2 N–H and O–H groups in total. The van der Waals surface area contributed by atoms with Gasteiger partial charge in [-0.15, -0.1) is 0 Å². The lowest BCUT2D eigenvalue weighted by Gasteiger charge is -2.25. The number of likely N-dealkylation sites (N-methyl/N-ethyl adjacent to an activating group) is 1. The molecule has 0 bridgehead atoms. The van der Waals surface area contributed by atoms with E-state index in [0.717, 1.165) is 50.8 Å². The van der Waals surface area contributed by atoms with Gasteiger partial charge in [0.2, 0.25) is 0 Å². The second-order valence-electron chi connectivity index (χ2n) is 9.88. The van der Waals surface area contributed by atoms with Crippen LogP contribution in [0.3, 0.4) is 0 Å². The molecule has 0 saturated carbocycles. The number of carboxylic acids is 1. The van der Waals surface area contributed by atoms with Crippen LogP contribution in [0.4, 0.5) is 21.9 Å². The Hall–Kier alpha value is -4.59. The number of hydrogen-bond acceptors (Lipinski definition) is 5. The van der Waals surface area contributed by atoms with E-state index in [2.05, 4.69) is 23.5 Å². The highest BCUT2D eigenvalue weighted by molar-refractivity contribution is 6.07. The molecule has 3 aromatic rings. The van der Waals surface area contributed by atoms with Gasteiger partial charge in [-0.25, -0.2) is 14.6 Å². The lowest BCUT2D eigenvalue weighted by Crippen LogP contribution is -2.32. The number of rotatable bonds is 5. The summed E-state index contributed by atoms with van der Waals surface area (Å²) in [4.78, 5) is 35.3. The van der Waals surface area contributed by atoms with Crippen LogP contribution in [0.1, 0.15) is 32.6 Å². The zero-order valence-corrected chi connectivity index (χ0v) is 22.0. The van der Waals surface area contributed by atoms with E-state index < -0.39 is 5.97 Å². The predicted octanol–water partition coefficient (Wildman–Crippen LogP) is 5.51. The highest BCUT2D eigenvalue weighted by Crippen LogP contribution is 2.33. The van der Waals surface area contributed by atoms with Crippen molar-refractivity contribution >= 4 is 40.6 Å². The number of carboxylic acid groups (broad SMARTS) is 1. The van der Waals surface area contributed by atoms with Gasteiger partial charge >= 0.3 is 12.0 Å². The summed E-state index contributed by atoms with van der Waals surface area (Å²) in [7, 11) is 1.98. The lowest BCUT2D eigenvalue weighted by molar-refractivity contribution is 0.0697. The molecule has 3 aromatic carbocycles. The summed E-state index contributed by atoms with van der Waals surface area (Å²) in [6.45, 7) is 7.94. The number of aryl methyl sites for hydroxylation is 2. The van der Waals surface area contributed by atoms with Gasteiger partial charge in [-0.1, -0.05) is 18.2 Å². The van der Waals surface area contributed by atoms with Crippen molar-refractivity contribution in [2.45, 2.75) is 20.8 Å².